The van der Waals surface area contributed by atoms with Gasteiger partial charge in [0.25, 0.3) is 0 Å². The van der Waals surface area contributed by atoms with Crippen molar-refractivity contribution >= 4 is 19.4 Å². The van der Waals surface area contributed by atoms with Gasteiger partial charge in [0, 0.05) is 11.3 Å². The first-order valence-corrected chi connectivity index (χ1v) is 5.05. The molecule has 0 aliphatic rings. The van der Waals surface area contributed by atoms with Gasteiger partial charge in [0.1, 0.15) is 6.61 Å². The molecule has 0 amide bonds. The van der Waals surface area contributed by atoms with Crippen molar-refractivity contribution in [3.8, 4) is 0 Å². The normalized spacial score (nSPS) is 16.6. The minimum atomic E-state index is -5.20. The maximum absolute atomic E-state index is 10.3. The molecular formula is C4H7ClNO6P-2. The van der Waals surface area contributed by atoms with Crippen molar-refractivity contribution in [2.45, 2.75) is 18.3 Å². The number of phosphoric ester groups is 1. The molecule has 1 unspecified atom stereocenters. The summed E-state index contributed by atoms with van der Waals surface area (Å²) in [5, 5.41) is 10.3. The molecule has 78 valence electrons. The lowest BCUT2D eigenvalue weighted by Gasteiger charge is -2.30. The molecule has 0 saturated carbocycles. The third-order valence-electron chi connectivity index (χ3n) is 1.31. The third kappa shape index (κ3) is 4.54. The monoisotopic (exact) mass is 231 g/mol. The van der Waals surface area contributed by atoms with Crippen LogP contribution in [0.2, 0.25) is 0 Å². The van der Waals surface area contributed by atoms with Gasteiger partial charge in [-0.15, -0.1) is 0 Å². The first-order valence-electron chi connectivity index (χ1n) is 3.21. The highest BCUT2D eigenvalue weighted by molar-refractivity contribution is 7.43. The summed E-state index contributed by atoms with van der Waals surface area (Å²) in [7, 11) is -5.20. The van der Waals surface area contributed by atoms with Crippen molar-refractivity contribution in [1.82, 2.24) is 0 Å². The number of halogens is 1. The van der Waals surface area contributed by atoms with E-state index in [0.717, 1.165) is 0 Å². The van der Waals surface area contributed by atoms with Crippen LogP contribution in [0, 0.1) is 10.1 Å². The SMILES string of the molecule is CCC(Cl)(COP(=O)([O-])[O-])[N+](=O)[O-]. The Morgan fingerprint density at radius 1 is 1.62 bits per heavy atom. The lowest BCUT2D eigenvalue weighted by Crippen LogP contribution is -2.37. The predicted molar refractivity (Wildman–Crippen MR) is 39.4 cm³/mol. The molecule has 7 nitrogen and oxygen atoms in total. The van der Waals surface area contributed by atoms with Crippen LogP contribution in [-0.2, 0) is 9.09 Å². The summed E-state index contributed by atoms with van der Waals surface area (Å²) < 4.78 is 13.7. The molecule has 13 heavy (non-hydrogen) atoms. The topological polar surface area (TPSA) is 116 Å². The van der Waals surface area contributed by atoms with Gasteiger partial charge in [0.2, 0.25) is 0 Å². The minimum absolute atomic E-state index is 0.151. The van der Waals surface area contributed by atoms with E-state index in [2.05, 4.69) is 4.52 Å². The van der Waals surface area contributed by atoms with E-state index in [1.807, 2.05) is 0 Å². The highest BCUT2D eigenvalue weighted by Crippen LogP contribution is 2.30. The first kappa shape index (κ1) is 12.8. The number of hydrogen-bond donors (Lipinski definition) is 0. The predicted octanol–water partition coefficient (Wildman–Crippen LogP) is -0.547. The molecule has 0 radical (unpaired) electrons. The largest absolute Gasteiger partial charge is 0.790 e. The molecule has 0 heterocycles. The summed E-state index contributed by atoms with van der Waals surface area (Å²) in [4.78, 5) is 27.3. The Bertz CT molecular complexity index is 241. The quantitative estimate of drug-likeness (QED) is 0.206. The van der Waals surface area contributed by atoms with Gasteiger partial charge in [-0.1, -0.05) is 6.92 Å². The Balaban J connectivity index is 4.31. The second-order valence-electron chi connectivity index (χ2n) is 2.25. The van der Waals surface area contributed by atoms with E-state index < -0.39 is 24.4 Å². The van der Waals surface area contributed by atoms with E-state index in [9.17, 15) is 24.5 Å². The maximum atomic E-state index is 10.3. The average Bonchev–Trinajstić information content (AvgIpc) is 1.98. The highest BCUT2D eigenvalue weighted by Gasteiger charge is 2.39. The molecule has 0 rings (SSSR count). The molecule has 0 bridgehead atoms. The van der Waals surface area contributed by atoms with Crippen molar-refractivity contribution in [2.24, 2.45) is 0 Å². The zero-order valence-electron chi connectivity index (χ0n) is 6.64. The van der Waals surface area contributed by atoms with Crippen LogP contribution in [0.25, 0.3) is 0 Å². The first-order chi connectivity index (χ1) is 5.71. The summed E-state index contributed by atoms with van der Waals surface area (Å²) in [6, 6.07) is 0. The molecule has 0 fully saturated rings. The van der Waals surface area contributed by atoms with Crippen molar-refractivity contribution in [3.63, 3.8) is 0 Å². The van der Waals surface area contributed by atoms with Crippen LogP contribution in [0.3, 0.4) is 0 Å². The van der Waals surface area contributed by atoms with Crippen LogP contribution >= 0.6 is 19.4 Å². The fraction of sp³-hybridized carbons (Fsp3) is 1.00. The highest BCUT2D eigenvalue weighted by atomic mass is 35.5. The van der Waals surface area contributed by atoms with Gasteiger partial charge in [-0.25, -0.2) is 0 Å². The van der Waals surface area contributed by atoms with Crippen molar-refractivity contribution in [3.05, 3.63) is 10.1 Å². The number of nitrogens with zero attached hydrogens (tertiary/aromatic N) is 1. The molecule has 0 aromatic carbocycles. The summed E-state index contributed by atoms with van der Waals surface area (Å²) in [6.45, 7) is 0.419. The van der Waals surface area contributed by atoms with E-state index in [1.165, 1.54) is 6.92 Å². The van der Waals surface area contributed by atoms with Gasteiger partial charge in [-0.3, -0.25) is 10.1 Å². The van der Waals surface area contributed by atoms with Crippen LogP contribution in [0.1, 0.15) is 13.3 Å². The number of hydrogen-bond acceptors (Lipinski definition) is 6. The van der Waals surface area contributed by atoms with Gasteiger partial charge in [-0.05, 0) is 11.6 Å². The Labute approximate surface area is 79.0 Å². The Kier molecular flexibility index (Phi) is 4.28. The molecule has 0 spiro atoms. The average molecular weight is 232 g/mol. The summed E-state index contributed by atoms with van der Waals surface area (Å²) in [6.07, 6.45) is -0.151. The lowest BCUT2D eigenvalue weighted by molar-refractivity contribution is -0.546. The Morgan fingerprint density at radius 3 is 2.31 bits per heavy atom. The summed E-state index contributed by atoms with van der Waals surface area (Å²) in [5.74, 6) is 0. The summed E-state index contributed by atoms with van der Waals surface area (Å²) in [5.41, 5.74) is 0. The van der Waals surface area contributed by atoms with Gasteiger partial charge >= 0.3 is 5.00 Å². The van der Waals surface area contributed by atoms with Gasteiger partial charge in [0.15, 0.2) is 0 Å². The number of rotatable bonds is 5. The van der Waals surface area contributed by atoms with Gasteiger partial charge in [0.05, 0.1) is 7.82 Å². The van der Waals surface area contributed by atoms with Crippen LogP contribution in [-0.4, -0.2) is 16.5 Å². The minimum Gasteiger partial charge on any atom is -0.790 e. The van der Waals surface area contributed by atoms with Crippen molar-refractivity contribution < 1.29 is 23.8 Å². The van der Waals surface area contributed by atoms with E-state index in [4.69, 9.17) is 11.6 Å². The van der Waals surface area contributed by atoms with Crippen molar-refractivity contribution in [1.29, 1.82) is 0 Å². The lowest BCUT2D eigenvalue weighted by atomic mass is 10.2. The Morgan fingerprint density at radius 2 is 2.08 bits per heavy atom. The van der Waals surface area contributed by atoms with Crippen molar-refractivity contribution in [2.75, 3.05) is 6.61 Å². The maximum Gasteiger partial charge on any atom is 0.317 e. The number of alkyl halides is 1. The molecular weight excluding hydrogens is 224 g/mol. The fourth-order valence-electron chi connectivity index (χ4n) is 0.462. The van der Waals surface area contributed by atoms with E-state index >= 15 is 0 Å². The molecule has 0 aliphatic heterocycles. The zero-order chi connectivity index (χ0) is 10.7. The van der Waals surface area contributed by atoms with Crippen LogP contribution in [0.15, 0.2) is 0 Å². The summed E-state index contributed by atoms with van der Waals surface area (Å²) >= 11 is 5.34. The molecule has 1 atom stereocenters. The molecule has 0 aromatic heterocycles. The molecule has 0 N–H and O–H groups in total. The standard InChI is InChI=1S/C4H9ClNO6P/c1-2-4(5,6(7)8)3-12-13(9,10)11/h2-3H2,1H3,(H2,9,10,11)/p-2. The third-order valence-corrected chi connectivity index (χ3v) is 2.27. The fourth-order valence-corrected chi connectivity index (χ4v) is 0.964. The molecule has 9 heteroatoms. The molecule has 0 saturated heterocycles. The second-order valence-corrected chi connectivity index (χ2v) is 4.11. The smallest absolute Gasteiger partial charge is 0.317 e. The zero-order valence-corrected chi connectivity index (χ0v) is 8.29. The van der Waals surface area contributed by atoms with E-state index in [-0.39, 0.29) is 6.42 Å². The molecule has 0 aromatic rings. The van der Waals surface area contributed by atoms with E-state index in [0.29, 0.717) is 0 Å². The number of nitro groups is 1. The van der Waals surface area contributed by atoms with E-state index in [1.54, 1.807) is 0 Å². The van der Waals surface area contributed by atoms with Crippen LogP contribution in [0.4, 0.5) is 0 Å². The number of phosphoric acid groups is 1. The molecule has 0 aliphatic carbocycles. The van der Waals surface area contributed by atoms with Gasteiger partial charge in [-0.2, -0.15) is 0 Å². The Hall–Kier alpha value is -0.200. The van der Waals surface area contributed by atoms with Gasteiger partial charge < -0.3 is 18.9 Å². The van der Waals surface area contributed by atoms with Crippen LogP contribution in [0.5, 0.6) is 0 Å². The van der Waals surface area contributed by atoms with Crippen LogP contribution < -0.4 is 9.79 Å². The second kappa shape index (κ2) is 4.34.